The average molecular weight is 321 g/mol. The Morgan fingerprint density at radius 3 is 3.00 bits per heavy atom. The van der Waals surface area contributed by atoms with E-state index in [2.05, 4.69) is 28.4 Å². The SMILES string of the molecule is CN[C@@H](c1ccc2[nH]cc(C[C@H]3CCCN3C)c2c1)S(=O)O. The van der Waals surface area contributed by atoms with E-state index in [4.69, 9.17) is 0 Å². The Balaban J connectivity index is 1.93. The van der Waals surface area contributed by atoms with E-state index in [1.54, 1.807) is 7.05 Å². The van der Waals surface area contributed by atoms with Crippen LogP contribution in [0, 0.1) is 0 Å². The predicted molar refractivity (Wildman–Crippen MR) is 90.2 cm³/mol. The Bertz CT molecular complexity index is 685. The molecule has 0 bridgehead atoms. The van der Waals surface area contributed by atoms with Crippen molar-refractivity contribution in [2.24, 2.45) is 0 Å². The summed E-state index contributed by atoms with van der Waals surface area (Å²) in [6, 6.07) is 6.52. The van der Waals surface area contributed by atoms with Crippen LogP contribution in [0.5, 0.6) is 0 Å². The van der Waals surface area contributed by atoms with E-state index in [9.17, 15) is 8.76 Å². The molecule has 5 nitrogen and oxygen atoms in total. The number of rotatable bonds is 5. The molecule has 1 aliphatic heterocycles. The van der Waals surface area contributed by atoms with Gasteiger partial charge in [0.2, 0.25) is 0 Å². The van der Waals surface area contributed by atoms with Gasteiger partial charge in [-0.3, -0.25) is 0 Å². The van der Waals surface area contributed by atoms with E-state index in [0.717, 1.165) is 22.9 Å². The second-order valence-electron chi connectivity index (χ2n) is 6.04. The van der Waals surface area contributed by atoms with Crippen molar-refractivity contribution in [3.63, 3.8) is 0 Å². The second kappa shape index (κ2) is 6.50. The smallest absolute Gasteiger partial charge is 0.175 e. The fraction of sp³-hybridized carbons (Fsp3) is 0.500. The zero-order chi connectivity index (χ0) is 15.7. The number of fused-ring (bicyclic) bond motifs is 1. The fourth-order valence-corrected chi connectivity index (χ4v) is 3.98. The number of likely N-dealkylation sites (tertiary alicyclic amines) is 1. The van der Waals surface area contributed by atoms with E-state index in [1.165, 1.54) is 24.9 Å². The maximum atomic E-state index is 11.4. The Morgan fingerprint density at radius 1 is 1.55 bits per heavy atom. The lowest BCUT2D eigenvalue weighted by molar-refractivity contribution is 0.310. The van der Waals surface area contributed by atoms with Crippen LogP contribution in [0.1, 0.15) is 29.3 Å². The van der Waals surface area contributed by atoms with Crippen LogP contribution >= 0.6 is 0 Å². The molecule has 1 saturated heterocycles. The van der Waals surface area contributed by atoms with Gasteiger partial charge in [0.05, 0.1) is 0 Å². The number of aromatic nitrogens is 1. The summed E-state index contributed by atoms with van der Waals surface area (Å²) in [5, 5.41) is 3.51. The normalized spacial score (nSPS) is 22.2. The zero-order valence-electron chi connectivity index (χ0n) is 13.0. The predicted octanol–water partition coefficient (Wildman–Crippen LogP) is 2.24. The van der Waals surface area contributed by atoms with E-state index in [-0.39, 0.29) is 0 Å². The van der Waals surface area contributed by atoms with Crippen LogP contribution < -0.4 is 5.32 Å². The third-order valence-corrected chi connectivity index (χ3v) is 5.60. The lowest BCUT2D eigenvalue weighted by Crippen LogP contribution is -2.26. The van der Waals surface area contributed by atoms with Crippen LogP contribution in [-0.2, 0) is 17.5 Å². The first kappa shape index (κ1) is 15.7. The van der Waals surface area contributed by atoms with Gasteiger partial charge >= 0.3 is 0 Å². The summed E-state index contributed by atoms with van der Waals surface area (Å²) in [5.41, 5.74) is 3.21. The van der Waals surface area contributed by atoms with Gasteiger partial charge in [0.25, 0.3) is 0 Å². The lowest BCUT2D eigenvalue weighted by Gasteiger charge is -2.19. The molecule has 22 heavy (non-hydrogen) atoms. The monoisotopic (exact) mass is 321 g/mol. The van der Waals surface area contributed by atoms with E-state index in [1.807, 2.05) is 18.2 Å². The van der Waals surface area contributed by atoms with Gasteiger partial charge in [-0.1, -0.05) is 6.07 Å². The summed E-state index contributed by atoms with van der Waals surface area (Å²) in [7, 11) is 3.89. The van der Waals surface area contributed by atoms with E-state index < -0.39 is 16.5 Å². The van der Waals surface area contributed by atoms with Crippen molar-refractivity contribution >= 4 is 22.0 Å². The van der Waals surface area contributed by atoms with E-state index in [0.29, 0.717) is 6.04 Å². The number of H-pyrrole nitrogens is 1. The van der Waals surface area contributed by atoms with Gasteiger partial charge in [0.15, 0.2) is 11.1 Å². The minimum atomic E-state index is -1.93. The van der Waals surface area contributed by atoms with Crippen molar-refractivity contribution in [3.05, 3.63) is 35.5 Å². The number of aromatic amines is 1. The van der Waals surface area contributed by atoms with Gasteiger partial charge in [-0.2, -0.15) is 0 Å². The highest BCUT2D eigenvalue weighted by molar-refractivity contribution is 7.79. The standard InChI is InChI=1S/C16H23N3O2S/c1-17-16(22(20)21)11-5-6-15-14(9-11)12(10-18-15)8-13-4-3-7-19(13)2/h5-6,9-10,13,16-18H,3-4,7-8H2,1-2H3,(H,20,21)/t13-,16-/m1/s1. The summed E-state index contributed by atoms with van der Waals surface area (Å²) in [6.45, 7) is 1.17. The maximum Gasteiger partial charge on any atom is 0.175 e. The van der Waals surface area contributed by atoms with Crippen LogP contribution in [0.15, 0.2) is 24.4 Å². The summed E-state index contributed by atoms with van der Waals surface area (Å²) in [6.07, 6.45) is 5.60. The molecule has 1 aliphatic rings. The molecular formula is C16H23N3O2S. The molecule has 0 saturated carbocycles. The highest BCUT2D eigenvalue weighted by atomic mass is 32.2. The molecule has 1 aromatic heterocycles. The molecule has 3 atom stereocenters. The topological polar surface area (TPSA) is 68.4 Å². The zero-order valence-corrected chi connectivity index (χ0v) is 13.8. The average Bonchev–Trinajstić information content (AvgIpc) is 3.07. The molecule has 0 spiro atoms. The maximum absolute atomic E-state index is 11.4. The van der Waals surface area contributed by atoms with Gasteiger partial charge in [-0.25, -0.2) is 4.21 Å². The van der Waals surface area contributed by atoms with Gasteiger partial charge < -0.3 is 19.8 Å². The molecule has 1 fully saturated rings. The number of hydrogen-bond acceptors (Lipinski definition) is 3. The molecule has 2 heterocycles. The molecule has 3 rings (SSSR count). The quantitative estimate of drug-likeness (QED) is 0.739. The van der Waals surface area contributed by atoms with Crippen molar-refractivity contribution in [3.8, 4) is 0 Å². The molecule has 1 unspecified atom stereocenters. The van der Waals surface area contributed by atoms with E-state index >= 15 is 0 Å². The Labute approximate surface area is 133 Å². The summed E-state index contributed by atoms with van der Waals surface area (Å²) in [4.78, 5) is 5.73. The highest BCUT2D eigenvalue weighted by Crippen LogP contribution is 2.27. The fourth-order valence-electron chi connectivity index (χ4n) is 3.40. The second-order valence-corrected chi connectivity index (χ2v) is 7.07. The van der Waals surface area contributed by atoms with Gasteiger partial charge in [0.1, 0.15) is 5.37 Å². The van der Waals surface area contributed by atoms with Gasteiger partial charge in [0, 0.05) is 23.1 Å². The van der Waals surface area contributed by atoms with Crippen LogP contribution in [0.2, 0.25) is 0 Å². The number of benzene rings is 1. The molecule has 2 aromatic rings. The molecule has 1 aromatic carbocycles. The third-order valence-electron chi connectivity index (χ3n) is 4.69. The molecular weight excluding hydrogens is 298 g/mol. The third kappa shape index (κ3) is 2.96. The lowest BCUT2D eigenvalue weighted by atomic mass is 10.0. The van der Waals surface area contributed by atoms with Crippen molar-refractivity contribution in [1.82, 2.24) is 15.2 Å². The van der Waals surface area contributed by atoms with Crippen molar-refractivity contribution in [2.45, 2.75) is 30.7 Å². The van der Waals surface area contributed by atoms with Crippen LogP contribution in [0.4, 0.5) is 0 Å². The number of nitrogens with one attached hydrogen (secondary N) is 2. The molecule has 0 amide bonds. The minimum Gasteiger partial charge on any atom is -0.361 e. The van der Waals surface area contributed by atoms with Crippen molar-refractivity contribution in [1.29, 1.82) is 0 Å². The Hall–Kier alpha value is -1.21. The molecule has 0 radical (unpaired) electrons. The highest BCUT2D eigenvalue weighted by Gasteiger charge is 2.23. The molecule has 6 heteroatoms. The number of likely N-dealkylation sites (N-methyl/N-ethyl adjacent to an activating group) is 1. The van der Waals surface area contributed by atoms with Crippen LogP contribution in [-0.4, -0.2) is 45.3 Å². The molecule has 0 aliphatic carbocycles. The number of hydrogen-bond donors (Lipinski definition) is 3. The van der Waals surface area contributed by atoms with Gasteiger partial charge in [-0.15, -0.1) is 0 Å². The summed E-state index contributed by atoms with van der Waals surface area (Å²) < 4.78 is 20.9. The minimum absolute atomic E-state index is 0.554. The first-order chi connectivity index (χ1) is 10.6. The van der Waals surface area contributed by atoms with Gasteiger partial charge in [-0.05, 0) is 63.2 Å². The van der Waals surface area contributed by atoms with Crippen molar-refractivity contribution in [2.75, 3.05) is 20.6 Å². The first-order valence-electron chi connectivity index (χ1n) is 7.67. The Morgan fingerprint density at radius 2 is 2.36 bits per heavy atom. The summed E-state index contributed by atoms with van der Waals surface area (Å²) >= 11 is -1.93. The first-order valence-corrected chi connectivity index (χ1v) is 8.84. The molecule has 120 valence electrons. The largest absolute Gasteiger partial charge is 0.361 e. The summed E-state index contributed by atoms with van der Waals surface area (Å²) in [5.74, 6) is 0. The van der Waals surface area contributed by atoms with Crippen molar-refractivity contribution < 1.29 is 8.76 Å². The number of nitrogens with zero attached hydrogens (tertiary/aromatic N) is 1. The van der Waals surface area contributed by atoms with Crippen LogP contribution in [0.3, 0.4) is 0 Å². The molecule has 3 N–H and O–H groups in total. The van der Waals surface area contributed by atoms with Crippen LogP contribution in [0.25, 0.3) is 10.9 Å². The Kier molecular flexibility index (Phi) is 4.63.